The Morgan fingerprint density at radius 1 is 1.15 bits per heavy atom. The highest BCUT2D eigenvalue weighted by molar-refractivity contribution is 7.89. The molecule has 0 radical (unpaired) electrons. The molecule has 1 aliphatic carbocycles. The third kappa shape index (κ3) is 7.08. The van der Waals surface area contributed by atoms with Crippen molar-refractivity contribution >= 4 is 33.0 Å². The lowest BCUT2D eigenvalue weighted by Crippen LogP contribution is -2.51. The van der Waals surface area contributed by atoms with Crippen molar-refractivity contribution in [2.75, 3.05) is 18.0 Å². The molecule has 0 aromatic carbocycles. The fourth-order valence-corrected chi connectivity index (χ4v) is 7.58. The number of aliphatic hydroxyl groups is 2. The summed E-state index contributed by atoms with van der Waals surface area (Å²) in [6, 6.07) is 4.66. The molecule has 39 heavy (non-hydrogen) atoms. The predicted octanol–water partition coefficient (Wildman–Crippen LogP) is 4.54. The molecule has 212 valence electrons. The number of carbonyl (C=O) groups excluding carboxylic acids is 1. The molecule has 10 heteroatoms. The van der Waals surface area contributed by atoms with Gasteiger partial charge in [-0.15, -0.1) is 11.3 Å². The maximum Gasteiger partial charge on any atom is 0.244 e. The molecular weight excluding hydrogens is 534 g/mol. The van der Waals surface area contributed by atoms with Crippen LogP contribution in [0.4, 0.5) is 5.69 Å². The van der Waals surface area contributed by atoms with Crippen LogP contribution in [0.25, 0.3) is 0 Å². The molecule has 1 saturated carbocycles. The van der Waals surface area contributed by atoms with E-state index in [1.54, 1.807) is 17.0 Å². The summed E-state index contributed by atoms with van der Waals surface area (Å²) in [6.07, 6.45) is 5.56. The highest BCUT2D eigenvalue weighted by atomic mass is 32.2. The van der Waals surface area contributed by atoms with Gasteiger partial charge in [0.15, 0.2) is 6.29 Å². The number of hydrogen-bond donors (Lipinski definition) is 2. The Kier molecular flexibility index (Phi) is 9.19. The molecule has 0 unspecified atom stereocenters. The fraction of sp³-hybridized carbons (Fsp3) is 0.586. The van der Waals surface area contributed by atoms with Gasteiger partial charge in [0.25, 0.3) is 0 Å². The van der Waals surface area contributed by atoms with E-state index in [9.17, 15) is 23.4 Å². The zero-order valence-corrected chi connectivity index (χ0v) is 24.8. The molecule has 0 atom stereocenters. The molecule has 8 nitrogen and oxygen atoms in total. The van der Waals surface area contributed by atoms with Crippen molar-refractivity contribution in [3.8, 4) is 11.8 Å². The summed E-state index contributed by atoms with van der Waals surface area (Å²) in [5.74, 6) is 6.74. The van der Waals surface area contributed by atoms with E-state index in [0.29, 0.717) is 29.3 Å². The Morgan fingerprint density at radius 3 is 2.38 bits per heavy atom. The Morgan fingerprint density at radius 2 is 1.82 bits per heavy atom. The number of carbonyl (C=O) groups is 1. The second-order valence-electron chi connectivity index (χ2n) is 11.7. The van der Waals surface area contributed by atoms with Crippen LogP contribution in [-0.4, -0.2) is 53.0 Å². The van der Waals surface area contributed by atoms with E-state index < -0.39 is 16.3 Å². The summed E-state index contributed by atoms with van der Waals surface area (Å²) in [7, 11) is -3.69. The molecule has 2 N–H and O–H groups in total. The second kappa shape index (κ2) is 12.1. The molecule has 1 amide bonds. The largest absolute Gasteiger partial charge is 0.364 e. The van der Waals surface area contributed by atoms with Crippen molar-refractivity contribution in [2.45, 2.75) is 83.4 Å². The Hall–Kier alpha value is -2.29. The number of thiophene rings is 1. The minimum absolute atomic E-state index is 0.0227. The lowest BCUT2D eigenvalue weighted by Gasteiger charge is -2.40. The minimum atomic E-state index is -3.69. The molecule has 4 rings (SSSR count). The number of aromatic nitrogens is 1. The molecule has 0 spiro atoms. The van der Waals surface area contributed by atoms with Gasteiger partial charge in [0.05, 0.1) is 15.4 Å². The van der Waals surface area contributed by atoms with Crippen LogP contribution in [0.3, 0.4) is 0 Å². The average Bonchev–Trinajstić information content (AvgIpc) is 3.33. The summed E-state index contributed by atoms with van der Waals surface area (Å²) in [5.41, 5.74) is 0.244. The van der Waals surface area contributed by atoms with Gasteiger partial charge in [-0.2, -0.15) is 4.31 Å². The third-order valence-electron chi connectivity index (χ3n) is 7.46. The summed E-state index contributed by atoms with van der Waals surface area (Å²) in [6.45, 7) is 8.73. The van der Waals surface area contributed by atoms with E-state index in [0.717, 1.165) is 25.7 Å². The number of pyridine rings is 1. The number of aliphatic hydroxyl groups excluding tert-OH is 1. The summed E-state index contributed by atoms with van der Waals surface area (Å²) in [4.78, 5) is 20.9. The van der Waals surface area contributed by atoms with Crippen molar-refractivity contribution in [1.82, 2.24) is 9.29 Å². The van der Waals surface area contributed by atoms with Crippen molar-refractivity contribution in [1.29, 1.82) is 0 Å². The van der Waals surface area contributed by atoms with E-state index in [1.807, 2.05) is 20.8 Å². The maximum absolute atomic E-state index is 14.1. The molecule has 1 saturated heterocycles. The van der Waals surface area contributed by atoms with Crippen molar-refractivity contribution in [3.05, 3.63) is 40.3 Å². The third-order valence-corrected chi connectivity index (χ3v) is 10.4. The maximum atomic E-state index is 14.1. The first-order valence-electron chi connectivity index (χ1n) is 13.6. The molecule has 3 heterocycles. The number of anilines is 1. The van der Waals surface area contributed by atoms with Gasteiger partial charge in [0.1, 0.15) is 4.90 Å². The van der Waals surface area contributed by atoms with Gasteiger partial charge in [-0.05, 0) is 83.4 Å². The van der Waals surface area contributed by atoms with Gasteiger partial charge >= 0.3 is 0 Å². The topological polar surface area (TPSA) is 111 Å². The molecule has 0 bridgehead atoms. The van der Waals surface area contributed by atoms with Crippen LogP contribution >= 0.6 is 11.3 Å². The van der Waals surface area contributed by atoms with E-state index in [4.69, 9.17) is 0 Å². The van der Waals surface area contributed by atoms with Crippen molar-refractivity contribution in [2.24, 2.45) is 17.3 Å². The normalized spacial score (nSPS) is 21.4. The Bertz CT molecular complexity index is 1310. The van der Waals surface area contributed by atoms with E-state index in [1.165, 1.54) is 34.1 Å². The minimum Gasteiger partial charge on any atom is -0.364 e. The molecule has 2 fully saturated rings. The van der Waals surface area contributed by atoms with Crippen LogP contribution < -0.4 is 4.90 Å². The van der Waals surface area contributed by atoms with Crippen LogP contribution in [0.1, 0.15) is 82.3 Å². The van der Waals surface area contributed by atoms with Gasteiger partial charge in [-0.25, -0.2) is 8.42 Å². The number of piperidine rings is 1. The first-order chi connectivity index (χ1) is 18.4. The quantitative estimate of drug-likeness (QED) is 0.388. The molecule has 2 aromatic rings. The predicted molar refractivity (Wildman–Crippen MR) is 152 cm³/mol. The van der Waals surface area contributed by atoms with E-state index in [2.05, 4.69) is 23.7 Å². The molecular formula is C29H39N3O5S2. The first kappa shape index (κ1) is 29.7. The molecule has 1 aliphatic heterocycles. The van der Waals surface area contributed by atoms with Crippen LogP contribution in [0.5, 0.6) is 0 Å². The van der Waals surface area contributed by atoms with Crippen molar-refractivity contribution in [3.63, 3.8) is 0 Å². The highest BCUT2D eigenvalue weighted by Gasteiger charge is 2.39. The first-order valence-corrected chi connectivity index (χ1v) is 15.9. The van der Waals surface area contributed by atoms with Gasteiger partial charge in [-0.3, -0.25) is 9.78 Å². The lowest BCUT2D eigenvalue weighted by molar-refractivity contribution is -0.124. The number of sulfonamides is 1. The smallest absolute Gasteiger partial charge is 0.244 e. The van der Waals surface area contributed by atoms with Crippen LogP contribution in [0.2, 0.25) is 0 Å². The van der Waals surface area contributed by atoms with E-state index in [-0.39, 0.29) is 46.1 Å². The van der Waals surface area contributed by atoms with E-state index >= 15 is 0 Å². The van der Waals surface area contributed by atoms with Gasteiger partial charge < -0.3 is 15.1 Å². The van der Waals surface area contributed by atoms with Crippen LogP contribution in [-0.2, 0) is 14.8 Å². The summed E-state index contributed by atoms with van der Waals surface area (Å²) in [5, 5.41) is 20.6. The average molecular weight is 574 g/mol. The summed E-state index contributed by atoms with van der Waals surface area (Å²) < 4.78 is 27.8. The number of hydrogen-bond acceptors (Lipinski definition) is 7. The van der Waals surface area contributed by atoms with Gasteiger partial charge in [-0.1, -0.05) is 18.8 Å². The second-order valence-corrected chi connectivity index (χ2v) is 14.7. The molecule has 2 aromatic heterocycles. The Labute approximate surface area is 236 Å². The fourth-order valence-electron chi connectivity index (χ4n) is 5.27. The lowest BCUT2D eigenvalue weighted by atomic mass is 9.82. The molecule has 2 aliphatic rings. The highest BCUT2D eigenvalue weighted by Crippen LogP contribution is 2.40. The summed E-state index contributed by atoms with van der Waals surface area (Å²) >= 11 is 1.19. The number of rotatable bonds is 6. The number of amides is 1. The monoisotopic (exact) mass is 573 g/mol. The zero-order valence-electron chi connectivity index (χ0n) is 23.1. The van der Waals surface area contributed by atoms with Crippen molar-refractivity contribution < 1.29 is 23.4 Å². The van der Waals surface area contributed by atoms with Crippen LogP contribution in [0, 0.1) is 29.1 Å². The standard InChI is InChI=1S/C29H39N3O5S2/c1-20-7-9-21(10-8-20)27(33)32(25-18-23(11-14-29(2,3)4)38-26(25)28(34)35)22-12-16-31(17-13-22)39(36,37)24-6-5-15-30-19-24/h5-6,15,18-22,28,34-35H,7-10,12-13,16-17H2,1-4H3. The zero-order chi connectivity index (χ0) is 28.4. The Balaban J connectivity index is 1.65. The van der Waals surface area contributed by atoms with Gasteiger partial charge in [0, 0.05) is 42.9 Å². The number of nitrogens with zero attached hydrogens (tertiary/aromatic N) is 3. The van der Waals surface area contributed by atoms with Crippen LogP contribution in [0.15, 0.2) is 35.5 Å². The van der Waals surface area contributed by atoms with Gasteiger partial charge in [0.2, 0.25) is 15.9 Å². The SMILES string of the molecule is CC1CCC(C(=O)N(c2cc(C#CC(C)(C)C)sc2C(O)O)C2CCN(S(=O)(=O)c3cccnc3)CC2)CC1.